The molecule has 0 saturated carbocycles. The highest BCUT2D eigenvalue weighted by Crippen LogP contribution is 2.24. The van der Waals surface area contributed by atoms with Crippen molar-refractivity contribution in [3.05, 3.63) is 64.6 Å². The third-order valence-electron chi connectivity index (χ3n) is 2.38. The zero-order valence-electron chi connectivity index (χ0n) is 9.06. The van der Waals surface area contributed by atoms with Gasteiger partial charge < -0.3 is 4.74 Å². The molecule has 0 heterocycles. The minimum atomic E-state index is 0.0653. The van der Waals surface area contributed by atoms with Crippen LogP contribution in [-0.2, 0) is 0 Å². The fourth-order valence-corrected chi connectivity index (χ4v) is 1.91. The minimum Gasteiger partial charge on any atom is -0.486 e. The summed E-state index contributed by atoms with van der Waals surface area (Å²) in [6.45, 7) is 2.05. The van der Waals surface area contributed by atoms with E-state index in [1.165, 1.54) is 5.56 Å². The quantitative estimate of drug-likeness (QED) is 0.797. The zero-order valence-corrected chi connectivity index (χ0v) is 10.6. The number of ether oxygens (including phenoxy) is 1. The van der Waals surface area contributed by atoms with Crippen LogP contribution < -0.4 is 4.74 Å². The first-order valence-electron chi connectivity index (χ1n) is 5.23. The maximum absolute atomic E-state index is 5.85. The van der Waals surface area contributed by atoms with Crippen molar-refractivity contribution in [2.75, 3.05) is 0 Å². The first-order valence-corrected chi connectivity index (χ1v) is 6.02. The standard InChI is InChI=1S/C14H13BrO/c1-11(12-6-3-2-4-7-12)16-14-9-5-8-13(15)10-14/h2-11H,1H3. The smallest absolute Gasteiger partial charge is 0.121 e. The van der Waals surface area contributed by atoms with E-state index in [4.69, 9.17) is 4.74 Å². The van der Waals surface area contributed by atoms with E-state index in [0.29, 0.717) is 0 Å². The molecule has 0 amide bonds. The molecule has 0 fully saturated rings. The summed E-state index contributed by atoms with van der Waals surface area (Å²) in [5.74, 6) is 0.880. The molecular formula is C14H13BrO. The molecule has 0 aromatic heterocycles. The second-order valence-electron chi connectivity index (χ2n) is 3.63. The van der Waals surface area contributed by atoms with Crippen LogP contribution in [0.2, 0.25) is 0 Å². The first kappa shape index (κ1) is 11.2. The molecule has 0 spiro atoms. The van der Waals surface area contributed by atoms with E-state index in [9.17, 15) is 0 Å². The van der Waals surface area contributed by atoms with Crippen molar-refractivity contribution >= 4 is 15.9 Å². The van der Waals surface area contributed by atoms with Crippen molar-refractivity contribution in [3.8, 4) is 5.75 Å². The van der Waals surface area contributed by atoms with E-state index < -0.39 is 0 Å². The molecule has 2 heteroatoms. The van der Waals surface area contributed by atoms with Crippen molar-refractivity contribution in [3.63, 3.8) is 0 Å². The molecule has 0 bridgehead atoms. The Bertz CT molecular complexity index is 453. The van der Waals surface area contributed by atoms with Gasteiger partial charge in [-0.25, -0.2) is 0 Å². The van der Waals surface area contributed by atoms with Gasteiger partial charge in [0.15, 0.2) is 0 Å². The summed E-state index contributed by atoms with van der Waals surface area (Å²) >= 11 is 3.43. The lowest BCUT2D eigenvalue weighted by atomic mass is 10.1. The van der Waals surface area contributed by atoms with Gasteiger partial charge in [-0.15, -0.1) is 0 Å². The van der Waals surface area contributed by atoms with Gasteiger partial charge in [-0.2, -0.15) is 0 Å². The van der Waals surface area contributed by atoms with Crippen LogP contribution in [0.1, 0.15) is 18.6 Å². The summed E-state index contributed by atoms with van der Waals surface area (Å²) in [6.07, 6.45) is 0.0653. The fourth-order valence-electron chi connectivity index (χ4n) is 1.54. The molecule has 0 aliphatic carbocycles. The number of hydrogen-bond acceptors (Lipinski definition) is 1. The maximum atomic E-state index is 5.85. The third-order valence-corrected chi connectivity index (χ3v) is 2.87. The van der Waals surface area contributed by atoms with E-state index in [-0.39, 0.29) is 6.10 Å². The predicted molar refractivity (Wildman–Crippen MR) is 69.6 cm³/mol. The zero-order chi connectivity index (χ0) is 11.4. The third kappa shape index (κ3) is 2.86. The van der Waals surface area contributed by atoms with Crippen molar-refractivity contribution in [2.24, 2.45) is 0 Å². The number of benzene rings is 2. The molecule has 0 aliphatic heterocycles. The Kier molecular flexibility index (Phi) is 3.62. The van der Waals surface area contributed by atoms with Crippen LogP contribution in [0.25, 0.3) is 0 Å². The molecule has 82 valence electrons. The molecule has 2 aromatic carbocycles. The minimum absolute atomic E-state index is 0.0653. The summed E-state index contributed by atoms with van der Waals surface area (Å²) in [5.41, 5.74) is 1.18. The molecule has 0 radical (unpaired) electrons. The number of hydrogen-bond donors (Lipinski definition) is 0. The molecule has 2 aromatic rings. The Morgan fingerprint density at radius 2 is 1.75 bits per heavy atom. The second kappa shape index (κ2) is 5.17. The maximum Gasteiger partial charge on any atom is 0.121 e. The average Bonchev–Trinajstić information content (AvgIpc) is 2.30. The number of halogens is 1. The van der Waals surface area contributed by atoms with Crippen molar-refractivity contribution < 1.29 is 4.74 Å². The highest BCUT2D eigenvalue weighted by Gasteiger charge is 2.06. The molecular weight excluding hydrogens is 264 g/mol. The van der Waals surface area contributed by atoms with Crippen molar-refractivity contribution in [1.82, 2.24) is 0 Å². The van der Waals surface area contributed by atoms with Gasteiger partial charge in [-0.3, -0.25) is 0 Å². The van der Waals surface area contributed by atoms with Gasteiger partial charge in [0, 0.05) is 4.47 Å². The lowest BCUT2D eigenvalue weighted by molar-refractivity contribution is 0.227. The lowest BCUT2D eigenvalue weighted by Gasteiger charge is -2.15. The van der Waals surface area contributed by atoms with Crippen LogP contribution in [0.5, 0.6) is 5.75 Å². The van der Waals surface area contributed by atoms with E-state index in [1.807, 2.05) is 42.5 Å². The molecule has 2 rings (SSSR count). The Morgan fingerprint density at radius 1 is 1.00 bits per heavy atom. The summed E-state index contributed by atoms with van der Waals surface area (Å²) in [4.78, 5) is 0. The monoisotopic (exact) mass is 276 g/mol. The molecule has 0 saturated heterocycles. The second-order valence-corrected chi connectivity index (χ2v) is 4.54. The van der Waals surface area contributed by atoms with Gasteiger partial charge >= 0.3 is 0 Å². The molecule has 1 atom stereocenters. The molecule has 0 N–H and O–H groups in total. The van der Waals surface area contributed by atoms with Gasteiger partial charge in [0.1, 0.15) is 11.9 Å². The number of rotatable bonds is 3. The predicted octanol–water partition coefficient (Wildman–Crippen LogP) is 4.59. The topological polar surface area (TPSA) is 9.23 Å². The van der Waals surface area contributed by atoms with Crippen LogP contribution in [0.15, 0.2) is 59.1 Å². The molecule has 0 aliphatic rings. The van der Waals surface area contributed by atoms with Crippen LogP contribution in [0.3, 0.4) is 0 Å². The molecule has 1 unspecified atom stereocenters. The van der Waals surface area contributed by atoms with Crippen LogP contribution in [-0.4, -0.2) is 0 Å². The SMILES string of the molecule is CC(Oc1cccc(Br)c1)c1ccccc1. The molecule has 1 nitrogen and oxygen atoms in total. The lowest BCUT2D eigenvalue weighted by Crippen LogP contribution is -2.02. The summed E-state index contributed by atoms with van der Waals surface area (Å²) in [5, 5.41) is 0. The summed E-state index contributed by atoms with van der Waals surface area (Å²) < 4.78 is 6.88. The van der Waals surface area contributed by atoms with Gasteiger partial charge in [0.25, 0.3) is 0 Å². The normalized spacial score (nSPS) is 12.1. The molecule has 16 heavy (non-hydrogen) atoms. The Hall–Kier alpha value is -1.28. The van der Waals surface area contributed by atoms with Gasteiger partial charge in [0.05, 0.1) is 0 Å². The van der Waals surface area contributed by atoms with E-state index in [2.05, 4.69) is 35.0 Å². The van der Waals surface area contributed by atoms with Crippen LogP contribution in [0.4, 0.5) is 0 Å². The van der Waals surface area contributed by atoms with Crippen molar-refractivity contribution in [2.45, 2.75) is 13.0 Å². The Morgan fingerprint density at radius 3 is 2.44 bits per heavy atom. The first-order chi connectivity index (χ1) is 7.75. The largest absolute Gasteiger partial charge is 0.486 e. The van der Waals surface area contributed by atoms with E-state index >= 15 is 0 Å². The highest BCUT2D eigenvalue weighted by atomic mass is 79.9. The van der Waals surface area contributed by atoms with Crippen LogP contribution >= 0.6 is 15.9 Å². The van der Waals surface area contributed by atoms with E-state index in [1.54, 1.807) is 0 Å². The Labute approximate surface area is 104 Å². The van der Waals surface area contributed by atoms with Gasteiger partial charge in [0.2, 0.25) is 0 Å². The highest BCUT2D eigenvalue weighted by molar-refractivity contribution is 9.10. The van der Waals surface area contributed by atoms with Gasteiger partial charge in [-0.05, 0) is 30.7 Å². The fraction of sp³-hybridized carbons (Fsp3) is 0.143. The van der Waals surface area contributed by atoms with Gasteiger partial charge in [-0.1, -0.05) is 52.3 Å². The summed E-state index contributed by atoms with van der Waals surface area (Å²) in [6, 6.07) is 18.1. The average molecular weight is 277 g/mol. The van der Waals surface area contributed by atoms with E-state index in [0.717, 1.165) is 10.2 Å². The summed E-state index contributed by atoms with van der Waals surface area (Å²) in [7, 11) is 0. The van der Waals surface area contributed by atoms with Crippen molar-refractivity contribution in [1.29, 1.82) is 0 Å². The Balaban J connectivity index is 2.11. The van der Waals surface area contributed by atoms with Crippen LogP contribution in [0, 0.1) is 0 Å².